The Hall–Kier alpha value is -3.89. The highest BCUT2D eigenvalue weighted by Gasteiger charge is 2.34. The van der Waals surface area contributed by atoms with Crippen molar-refractivity contribution in [3.63, 3.8) is 0 Å². The lowest BCUT2D eigenvalue weighted by Gasteiger charge is -2.32. The topological polar surface area (TPSA) is 98.1 Å². The van der Waals surface area contributed by atoms with E-state index < -0.39 is 10.9 Å². The quantitative estimate of drug-likeness (QED) is 0.263. The monoisotopic (exact) mass is 564 g/mol. The molecule has 2 heterocycles. The summed E-state index contributed by atoms with van der Waals surface area (Å²) in [6, 6.07) is 16.3. The zero-order chi connectivity index (χ0) is 27.8. The molecule has 8 nitrogen and oxygen atoms in total. The molecule has 1 amide bonds. The lowest BCUT2D eigenvalue weighted by molar-refractivity contribution is 0.0876. The summed E-state index contributed by atoms with van der Waals surface area (Å²) in [5.41, 5.74) is 3.02. The molecular weight excluding hydrogens is 535 g/mol. The van der Waals surface area contributed by atoms with Crippen LogP contribution < -0.4 is 14.4 Å². The van der Waals surface area contributed by atoms with Gasteiger partial charge >= 0.3 is 0 Å². The van der Waals surface area contributed by atoms with Gasteiger partial charge in [-0.2, -0.15) is 0 Å². The van der Waals surface area contributed by atoms with Gasteiger partial charge in [-0.1, -0.05) is 0 Å². The van der Waals surface area contributed by atoms with E-state index in [9.17, 15) is 17.6 Å². The highest BCUT2D eigenvalue weighted by atomic mass is 32.2. The van der Waals surface area contributed by atoms with Crippen molar-refractivity contribution < 1.29 is 31.5 Å². The first-order valence-electron chi connectivity index (χ1n) is 13.3. The number of ether oxygens (including phenoxy) is 2. The van der Waals surface area contributed by atoms with Gasteiger partial charge in [0.2, 0.25) is 10.9 Å². The Morgan fingerprint density at radius 1 is 0.975 bits per heavy atom. The fourth-order valence-electron chi connectivity index (χ4n) is 5.28. The zero-order valence-corrected chi connectivity index (χ0v) is 22.8. The van der Waals surface area contributed by atoms with Crippen molar-refractivity contribution in [2.24, 2.45) is 0 Å². The van der Waals surface area contributed by atoms with Gasteiger partial charge in [0.1, 0.15) is 28.7 Å². The van der Waals surface area contributed by atoms with Crippen LogP contribution in [0.15, 0.2) is 65.1 Å². The van der Waals surface area contributed by atoms with Crippen molar-refractivity contribution in [2.75, 3.05) is 24.6 Å². The number of furan rings is 1. The summed E-state index contributed by atoms with van der Waals surface area (Å²) in [5.74, 6) is 1.00. The number of nitrogens with one attached hydrogen (secondary N) is 1. The number of hydrogen-bond donors (Lipinski definition) is 2. The second kappa shape index (κ2) is 10.9. The minimum Gasteiger partial charge on any atom is -0.457 e. The maximum absolute atomic E-state index is 13.2. The number of carbonyl (C=O) groups excluding carboxylic acids is 1. The van der Waals surface area contributed by atoms with E-state index in [1.165, 1.54) is 16.4 Å². The minimum atomic E-state index is -2.90. The molecule has 2 aliphatic rings. The summed E-state index contributed by atoms with van der Waals surface area (Å²) < 4.78 is 57.4. The molecule has 1 saturated heterocycles. The maximum Gasteiger partial charge on any atom is 0.255 e. The van der Waals surface area contributed by atoms with Crippen molar-refractivity contribution in [1.29, 1.82) is 0 Å². The number of fused-ring (bicyclic) bond motifs is 1. The van der Waals surface area contributed by atoms with E-state index in [0.717, 1.165) is 18.4 Å². The van der Waals surface area contributed by atoms with Crippen LogP contribution in [-0.2, 0) is 15.6 Å². The lowest BCUT2D eigenvalue weighted by atomic mass is 9.99. The molecule has 1 aliphatic carbocycles. The summed E-state index contributed by atoms with van der Waals surface area (Å²) in [4.78, 5) is 13.1. The van der Waals surface area contributed by atoms with Crippen molar-refractivity contribution in [2.45, 2.75) is 37.6 Å². The Morgan fingerprint density at radius 3 is 2.23 bits per heavy atom. The standard InChI is InChI=1S/C30H29FN2O6S/c1-32-30(34)28-25-16-24(18-2-3-18)26(33(40(35)36)21-12-14-37-15-13-21)17-27(25)39-29(28)19-4-8-22(9-5-19)38-23-10-6-20(31)7-11-23/h4-11,16-18,21,40H,2-3,12-15H2,1H3,(H,32,34). The van der Waals surface area contributed by atoms with Crippen molar-refractivity contribution in [3.05, 3.63) is 77.6 Å². The van der Waals surface area contributed by atoms with Crippen LogP contribution >= 0.6 is 0 Å². The number of rotatable bonds is 8. The van der Waals surface area contributed by atoms with Crippen LogP contribution in [0, 0.1) is 5.82 Å². The third-order valence-electron chi connectivity index (χ3n) is 7.43. The molecule has 1 aliphatic heterocycles. The molecule has 208 valence electrons. The summed E-state index contributed by atoms with van der Waals surface area (Å²) >= 11 is 0. The molecular formula is C30H29FN2O6S. The van der Waals surface area contributed by atoms with E-state index in [1.807, 2.05) is 6.07 Å². The van der Waals surface area contributed by atoms with Crippen LogP contribution in [0.3, 0.4) is 0 Å². The highest BCUT2D eigenvalue weighted by Crippen LogP contribution is 2.48. The average molecular weight is 565 g/mol. The van der Waals surface area contributed by atoms with Crippen LogP contribution in [0.2, 0.25) is 0 Å². The Labute approximate surface area is 232 Å². The van der Waals surface area contributed by atoms with Gasteiger partial charge in [0.15, 0.2) is 0 Å². The Balaban J connectivity index is 1.43. The van der Waals surface area contributed by atoms with Gasteiger partial charge in [-0.15, -0.1) is 0 Å². The molecule has 6 rings (SSSR count). The summed E-state index contributed by atoms with van der Waals surface area (Å²) in [6.07, 6.45) is 3.16. The third kappa shape index (κ3) is 5.16. The minimum absolute atomic E-state index is 0.189. The van der Waals surface area contributed by atoms with E-state index in [1.54, 1.807) is 49.5 Å². The van der Waals surface area contributed by atoms with Gasteiger partial charge < -0.3 is 19.2 Å². The van der Waals surface area contributed by atoms with E-state index in [-0.39, 0.29) is 23.7 Å². The first-order chi connectivity index (χ1) is 19.4. The Morgan fingerprint density at radius 2 is 1.62 bits per heavy atom. The predicted octanol–water partition coefficient (Wildman–Crippen LogP) is 5.78. The van der Waals surface area contributed by atoms with E-state index in [2.05, 4.69) is 5.32 Å². The van der Waals surface area contributed by atoms with E-state index in [4.69, 9.17) is 13.9 Å². The predicted molar refractivity (Wildman–Crippen MR) is 150 cm³/mol. The molecule has 0 radical (unpaired) electrons. The fraction of sp³-hybridized carbons (Fsp3) is 0.300. The molecule has 2 fully saturated rings. The van der Waals surface area contributed by atoms with Gasteiger partial charge in [0.25, 0.3) is 5.91 Å². The van der Waals surface area contributed by atoms with E-state index >= 15 is 0 Å². The van der Waals surface area contributed by atoms with Crippen LogP contribution in [0.25, 0.3) is 22.3 Å². The number of benzene rings is 3. The second-order valence-corrected chi connectivity index (χ2v) is 11.0. The molecule has 3 aromatic carbocycles. The fourth-order valence-corrected chi connectivity index (χ4v) is 6.13. The van der Waals surface area contributed by atoms with Gasteiger partial charge in [-0.05, 0) is 91.8 Å². The first kappa shape index (κ1) is 26.3. The molecule has 4 aromatic rings. The summed E-state index contributed by atoms with van der Waals surface area (Å²) in [5, 5.41) is 3.35. The van der Waals surface area contributed by atoms with Gasteiger partial charge in [0, 0.05) is 43.3 Å². The summed E-state index contributed by atoms with van der Waals surface area (Å²) in [6.45, 7) is 1.02. The average Bonchev–Trinajstić information content (AvgIpc) is 3.75. The van der Waals surface area contributed by atoms with Crippen molar-refractivity contribution in [1.82, 2.24) is 5.32 Å². The Bertz CT molecular complexity index is 1610. The smallest absolute Gasteiger partial charge is 0.255 e. The number of amides is 1. The summed E-state index contributed by atoms with van der Waals surface area (Å²) in [7, 11) is -1.33. The molecule has 1 aromatic heterocycles. The van der Waals surface area contributed by atoms with Gasteiger partial charge in [-0.3, -0.25) is 9.10 Å². The van der Waals surface area contributed by atoms with Crippen LogP contribution in [0.4, 0.5) is 10.1 Å². The molecule has 0 atom stereocenters. The molecule has 0 spiro atoms. The first-order valence-corrected chi connectivity index (χ1v) is 14.4. The van der Waals surface area contributed by atoms with E-state index in [0.29, 0.717) is 71.1 Å². The number of carbonyl (C=O) groups is 1. The molecule has 1 saturated carbocycles. The lowest BCUT2D eigenvalue weighted by Crippen LogP contribution is -2.39. The highest BCUT2D eigenvalue weighted by molar-refractivity contribution is 7.74. The van der Waals surface area contributed by atoms with Crippen molar-refractivity contribution in [3.8, 4) is 22.8 Å². The molecule has 0 bridgehead atoms. The number of thiol groups is 1. The third-order valence-corrected chi connectivity index (χ3v) is 8.33. The van der Waals surface area contributed by atoms with Crippen molar-refractivity contribution >= 4 is 33.5 Å². The van der Waals surface area contributed by atoms with Gasteiger partial charge in [0.05, 0.1) is 11.3 Å². The maximum atomic E-state index is 13.2. The number of halogens is 1. The molecule has 0 unspecified atom stereocenters. The number of hydrogen-bond acceptors (Lipinski definition) is 6. The molecule has 10 heteroatoms. The van der Waals surface area contributed by atoms with Gasteiger partial charge in [-0.25, -0.2) is 12.8 Å². The van der Waals surface area contributed by atoms with Crippen LogP contribution in [0.1, 0.15) is 47.5 Å². The van der Waals surface area contributed by atoms with Crippen LogP contribution in [0.5, 0.6) is 11.5 Å². The second-order valence-electron chi connectivity index (χ2n) is 10.1. The normalized spacial score (nSPS) is 15.9. The largest absolute Gasteiger partial charge is 0.457 e. The zero-order valence-electron chi connectivity index (χ0n) is 21.9. The molecule has 40 heavy (non-hydrogen) atoms. The molecule has 1 N–H and O–H groups in total. The SMILES string of the molecule is CNC(=O)c1c(-c2ccc(Oc3ccc(F)cc3)cc2)oc2cc(N(C3CCOCC3)[SH](=O)=O)c(C3CC3)cc12. The number of anilines is 1. The number of nitrogens with zero attached hydrogens (tertiary/aromatic N) is 1. The Kier molecular flexibility index (Phi) is 7.20. The van der Waals surface area contributed by atoms with Crippen LogP contribution in [-0.4, -0.2) is 40.6 Å².